The predicted octanol–water partition coefficient (Wildman–Crippen LogP) is 1.84. The van der Waals surface area contributed by atoms with Crippen molar-refractivity contribution < 1.29 is 19.1 Å². The maximum atomic E-state index is 13.8. The van der Waals surface area contributed by atoms with Gasteiger partial charge in [-0.15, -0.1) is 12.4 Å². The van der Waals surface area contributed by atoms with Crippen LogP contribution < -0.4 is 16.4 Å². The normalized spacial score (nSPS) is 21.7. The van der Waals surface area contributed by atoms with Crippen molar-refractivity contribution in [1.29, 1.82) is 0 Å². The lowest BCUT2D eigenvalue weighted by Crippen LogP contribution is -2.62. The smallest absolute Gasteiger partial charge is 0.254 e. The summed E-state index contributed by atoms with van der Waals surface area (Å²) in [7, 11) is 1.64. The molecule has 0 saturated carbocycles. The number of fused-ring (bicyclic) bond motifs is 1. The molecular formula is C28H36ClN5O4. The first-order valence-electron chi connectivity index (χ1n) is 12.5. The third-order valence-corrected chi connectivity index (χ3v) is 6.92. The number of halogens is 1. The van der Waals surface area contributed by atoms with Gasteiger partial charge in [-0.1, -0.05) is 60.7 Å². The number of nitrogens with zero attached hydrogens (tertiary/aromatic N) is 2. The molecule has 0 spiro atoms. The summed E-state index contributed by atoms with van der Waals surface area (Å²) >= 11 is 0. The van der Waals surface area contributed by atoms with Crippen molar-refractivity contribution in [2.45, 2.75) is 50.9 Å². The lowest BCUT2D eigenvalue weighted by molar-refractivity contribution is -0.137. The van der Waals surface area contributed by atoms with Crippen LogP contribution in [0.2, 0.25) is 0 Å². The number of nitrogens with one attached hydrogen (secondary N) is 2. The number of amides is 2. The molecule has 2 heterocycles. The van der Waals surface area contributed by atoms with E-state index < -0.39 is 28.9 Å². The van der Waals surface area contributed by atoms with Gasteiger partial charge in [0.2, 0.25) is 5.91 Å². The van der Waals surface area contributed by atoms with Crippen LogP contribution in [-0.2, 0) is 32.1 Å². The van der Waals surface area contributed by atoms with Gasteiger partial charge < -0.3 is 21.1 Å². The van der Waals surface area contributed by atoms with Crippen LogP contribution in [0.4, 0.5) is 0 Å². The number of hydrazone groups is 1. The molecule has 2 unspecified atom stereocenters. The summed E-state index contributed by atoms with van der Waals surface area (Å²) in [4.78, 5) is 39.9. The Hall–Kier alpha value is -3.11. The number of Topliss-reactive ketones (excluding diaryl/α,β-unsaturated/α-hetero) is 1. The fourth-order valence-electron chi connectivity index (χ4n) is 4.85. The van der Waals surface area contributed by atoms with Gasteiger partial charge in [-0.05, 0) is 37.8 Å². The number of benzene rings is 2. The quantitative estimate of drug-likeness (QED) is 0.421. The Balaban J connectivity index is 0.00000400. The highest BCUT2D eigenvalue weighted by atomic mass is 35.5. The molecule has 9 nitrogen and oxygen atoms in total. The van der Waals surface area contributed by atoms with Gasteiger partial charge in [-0.25, -0.2) is 5.01 Å². The number of ether oxygens (including phenoxy) is 1. The first-order valence-corrected chi connectivity index (χ1v) is 12.5. The van der Waals surface area contributed by atoms with Crippen LogP contribution >= 0.6 is 12.4 Å². The molecule has 0 bridgehead atoms. The SMILES string of the molecule is CN1N=C2CNC(C(=O)[C@@H](COCc3ccccc3)NC(=O)C(C)(C)N)CC2(Cc2ccccc2)C1=O.Cl. The van der Waals surface area contributed by atoms with Crippen LogP contribution in [0, 0.1) is 5.41 Å². The summed E-state index contributed by atoms with van der Waals surface area (Å²) in [6, 6.07) is 17.7. The zero-order valence-electron chi connectivity index (χ0n) is 22.0. The number of carbonyl (C=O) groups is 3. The monoisotopic (exact) mass is 541 g/mol. The van der Waals surface area contributed by atoms with Gasteiger partial charge in [0.1, 0.15) is 6.04 Å². The first-order chi connectivity index (χ1) is 17.6. The molecule has 0 radical (unpaired) electrons. The molecule has 1 saturated heterocycles. The molecule has 4 rings (SSSR count). The van der Waals surface area contributed by atoms with E-state index in [2.05, 4.69) is 15.7 Å². The molecule has 0 aliphatic carbocycles. The first kappa shape index (κ1) is 29.4. The van der Waals surface area contributed by atoms with E-state index in [9.17, 15) is 14.4 Å². The van der Waals surface area contributed by atoms with Crippen LogP contribution in [0.15, 0.2) is 65.8 Å². The van der Waals surface area contributed by atoms with Gasteiger partial charge in [0.25, 0.3) is 5.91 Å². The summed E-state index contributed by atoms with van der Waals surface area (Å²) < 4.78 is 5.85. The van der Waals surface area contributed by atoms with Crippen LogP contribution in [-0.4, -0.2) is 66.1 Å². The molecule has 10 heteroatoms. The maximum absolute atomic E-state index is 13.8. The topological polar surface area (TPSA) is 126 Å². The Labute approximate surface area is 229 Å². The molecular weight excluding hydrogens is 506 g/mol. The van der Waals surface area contributed by atoms with Gasteiger partial charge in [0.05, 0.1) is 35.9 Å². The number of nitrogens with two attached hydrogens (primary N) is 1. The number of hydrogen-bond donors (Lipinski definition) is 3. The van der Waals surface area contributed by atoms with Crippen molar-refractivity contribution in [3.05, 3.63) is 71.8 Å². The van der Waals surface area contributed by atoms with E-state index in [0.29, 0.717) is 19.6 Å². The summed E-state index contributed by atoms with van der Waals surface area (Å²) in [6.45, 7) is 3.74. The minimum absolute atomic E-state index is 0. The lowest BCUT2D eigenvalue weighted by Gasteiger charge is -2.38. The van der Waals surface area contributed by atoms with Crippen LogP contribution in [0.25, 0.3) is 0 Å². The van der Waals surface area contributed by atoms with Gasteiger partial charge in [-0.3, -0.25) is 14.4 Å². The van der Waals surface area contributed by atoms with Gasteiger partial charge in [0, 0.05) is 13.6 Å². The van der Waals surface area contributed by atoms with Crippen LogP contribution in [0.5, 0.6) is 0 Å². The molecule has 2 aliphatic heterocycles. The summed E-state index contributed by atoms with van der Waals surface area (Å²) in [6.07, 6.45) is 0.679. The summed E-state index contributed by atoms with van der Waals surface area (Å²) in [5.41, 5.74) is 6.57. The van der Waals surface area contributed by atoms with Crippen molar-refractivity contribution in [3.8, 4) is 0 Å². The zero-order valence-corrected chi connectivity index (χ0v) is 22.8. The average Bonchev–Trinajstić information content (AvgIpc) is 3.12. The predicted molar refractivity (Wildman–Crippen MR) is 148 cm³/mol. The summed E-state index contributed by atoms with van der Waals surface area (Å²) in [5, 5.41) is 11.9. The summed E-state index contributed by atoms with van der Waals surface area (Å²) in [5.74, 6) is -0.836. The molecule has 204 valence electrons. The zero-order chi connectivity index (χ0) is 26.6. The average molecular weight is 542 g/mol. The molecule has 2 aromatic rings. The van der Waals surface area contributed by atoms with Crippen molar-refractivity contribution in [3.63, 3.8) is 0 Å². The van der Waals surface area contributed by atoms with Crippen molar-refractivity contribution in [1.82, 2.24) is 15.6 Å². The number of carbonyl (C=O) groups excluding carboxylic acids is 3. The highest BCUT2D eigenvalue weighted by Crippen LogP contribution is 2.39. The van der Waals surface area contributed by atoms with E-state index in [1.54, 1.807) is 20.9 Å². The van der Waals surface area contributed by atoms with Gasteiger partial charge >= 0.3 is 0 Å². The Kier molecular flexibility index (Phi) is 9.43. The van der Waals surface area contributed by atoms with Crippen molar-refractivity contribution in [2.24, 2.45) is 16.3 Å². The number of piperidine rings is 1. The maximum Gasteiger partial charge on any atom is 0.254 e. The molecule has 3 atom stereocenters. The number of hydrogen-bond acceptors (Lipinski definition) is 7. The van der Waals surface area contributed by atoms with E-state index in [1.165, 1.54) is 5.01 Å². The minimum atomic E-state index is -1.17. The second-order valence-corrected chi connectivity index (χ2v) is 10.4. The molecule has 2 aliphatic rings. The van der Waals surface area contributed by atoms with E-state index in [4.69, 9.17) is 10.5 Å². The lowest BCUT2D eigenvalue weighted by atomic mass is 9.69. The van der Waals surface area contributed by atoms with E-state index >= 15 is 0 Å². The van der Waals surface area contributed by atoms with E-state index in [1.807, 2.05) is 60.7 Å². The van der Waals surface area contributed by atoms with Gasteiger partial charge in [0.15, 0.2) is 5.78 Å². The Bertz CT molecular complexity index is 1170. The molecule has 2 aromatic carbocycles. The Morgan fingerprint density at radius 2 is 1.76 bits per heavy atom. The number of rotatable bonds is 10. The van der Waals surface area contributed by atoms with Crippen LogP contribution in [0.3, 0.4) is 0 Å². The van der Waals surface area contributed by atoms with Crippen LogP contribution in [0.1, 0.15) is 31.4 Å². The Morgan fingerprint density at radius 3 is 2.37 bits per heavy atom. The molecule has 1 fully saturated rings. The molecule has 0 aromatic heterocycles. The fraction of sp³-hybridized carbons (Fsp3) is 0.429. The third kappa shape index (κ3) is 6.47. The Morgan fingerprint density at radius 1 is 1.16 bits per heavy atom. The second-order valence-electron chi connectivity index (χ2n) is 10.4. The third-order valence-electron chi connectivity index (χ3n) is 6.92. The largest absolute Gasteiger partial charge is 0.374 e. The standard InChI is InChI=1S/C28H35N5O4.ClH/c1-27(2,29)25(35)31-22(18-37-17-20-12-8-5-9-13-20)24(34)21-15-28(14-19-10-6-4-7-11-19)23(16-30-21)32-33(3)26(28)36;/h4-13,21-22,30H,14-18,29H2,1-3H3,(H,31,35);1H/t21?,22-,28?;/m1./s1. The minimum Gasteiger partial charge on any atom is -0.374 e. The van der Waals surface area contributed by atoms with Gasteiger partial charge in [-0.2, -0.15) is 5.10 Å². The van der Waals surface area contributed by atoms with Crippen molar-refractivity contribution >= 4 is 35.7 Å². The fourth-order valence-corrected chi connectivity index (χ4v) is 4.85. The highest BCUT2D eigenvalue weighted by Gasteiger charge is 2.54. The van der Waals surface area contributed by atoms with Crippen molar-refractivity contribution in [2.75, 3.05) is 20.2 Å². The molecule has 2 amide bonds. The second kappa shape index (κ2) is 12.2. The molecule has 4 N–H and O–H groups in total. The highest BCUT2D eigenvalue weighted by molar-refractivity contribution is 6.14. The number of ketones is 1. The van der Waals surface area contributed by atoms with E-state index in [0.717, 1.165) is 16.8 Å². The molecule has 38 heavy (non-hydrogen) atoms. The van der Waals surface area contributed by atoms with E-state index in [-0.39, 0.29) is 37.1 Å².